The molecule has 3 aromatic heterocycles. The zero-order valence-electron chi connectivity index (χ0n) is 22.4. The molecule has 3 aromatic rings. The summed E-state index contributed by atoms with van der Waals surface area (Å²) in [6.45, 7) is 10.1. The van der Waals surface area contributed by atoms with Gasteiger partial charge in [0.2, 0.25) is 5.88 Å². The van der Waals surface area contributed by atoms with Gasteiger partial charge in [0.1, 0.15) is 5.82 Å². The number of hydrogen-bond donors (Lipinski definition) is 1. The second-order valence-corrected chi connectivity index (χ2v) is 12.0. The van der Waals surface area contributed by atoms with Gasteiger partial charge >= 0.3 is 0 Å². The van der Waals surface area contributed by atoms with Gasteiger partial charge in [-0.05, 0) is 76.0 Å². The smallest absolute Gasteiger partial charge is 0.265 e. The van der Waals surface area contributed by atoms with E-state index < -0.39 is 0 Å². The number of carbonyl (C=O) groups is 1. The Morgan fingerprint density at radius 2 is 2.00 bits per heavy atom. The number of nitrogens with one attached hydrogen (secondary N) is 1. The van der Waals surface area contributed by atoms with Crippen molar-refractivity contribution in [3.63, 3.8) is 0 Å². The minimum Gasteiger partial charge on any atom is -0.476 e. The predicted molar refractivity (Wildman–Crippen MR) is 145 cm³/mol. The molecular weight excluding hydrogens is 486 g/mol. The van der Waals surface area contributed by atoms with Gasteiger partial charge in [-0.25, -0.2) is 9.67 Å². The Hall–Kier alpha value is -3.01. The number of aromatic nitrogens is 5. The maximum atomic E-state index is 13.4. The zero-order chi connectivity index (χ0) is 26.2. The third kappa shape index (κ3) is 5.63. The number of ether oxygens (including phenoxy) is 1. The van der Waals surface area contributed by atoms with Gasteiger partial charge in [0.25, 0.3) is 5.91 Å². The summed E-state index contributed by atoms with van der Waals surface area (Å²) in [5.74, 6) is 2.89. The lowest BCUT2D eigenvalue weighted by atomic mass is 9.97. The van der Waals surface area contributed by atoms with Crippen molar-refractivity contribution in [2.45, 2.75) is 70.2 Å². The first-order chi connectivity index (χ1) is 17.7. The molecular formula is C27H37N7O2S. The van der Waals surface area contributed by atoms with Crippen LogP contribution in [0.25, 0.3) is 5.82 Å². The molecule has 0 aromatic carbocycles. The number of rotatable bonds is 8. The fourth-order valence-corrected chi connectivity index (χ4v) is 6.34. The minimum atomic E-state index is -0.182. The second-order valence-electron chi connectivity index (χ2n) is 11.1. The number of carbonyl (C=O) groups excluding carboxylic acids is 1. The van der Waals surface area contributed by atoms with E-state index in [2.05, 4.69) is 40.6 Å². The molecule has 1 aliphatic carbocycles. The maximum Gasteiger partial charge on any atom is 0.265 e. The van der Waals surface area contributed by atoms with Crippen molar-refractivity contribution in [2.24, 2.45) is 18.9 Å². The van der Waals surface area contributed by atoms with Gasteiger partial charge in [0.15, 0.2) is 5.82 Å². The molecule has 1 aliphatic heterocycles. The van der Waals surface area contributed by atoms with Crippen molar-refractivity contribution >= 4 is 23.7 Å². The van der Waals surface area contributed by atoms with Gasteiger partial charge < -0.3 is 9.64 Å². The average Bonchev–Trinajstić information content (AvgIpc) is 3.63. The quantitative estimate of drug-likeness (QED) is 0.418. The van der Waals surface area contributed by atoms with Crippen LogP contribution < -0.4 is 14.4 Å². The SMILES string of the molecule is Cc1nn(C)cc1SNC(=O)c1ccc(-n2ccc(OCC3CCCC3)n2)nc1N1C[C@@H](C)CC1(C)C. The highest BCUT2D eigenvalue weighted by atomic mass is 32.2. The Kier molecular flexibility index (Phi) is 7.20. The highest BCUT2D eigenvalue weighted by molar-refractivity contribution is 7.98. The Morgan fingerprint density at radius 3 is 2.68 bits per heavy atom. The summed E-state index contributed by atoms with van der Waals surface area (Å²) in [5.41, 5.74) is 1.30. The molecule has 9 nitrogen and oxygen atoms in total. The van der Waals surface area contributed by atoms with Crippen LogP contribution >= 0.6 is 11.9 Å². The Labute approximate surface area is 223 Å². The molecule has 1 atom stereocenters. The first-order valence-corrected chi connectivity index (χ1v) is 14.0. The van der Waals surface area contributed by atoms with Crippen LogP contribution in [0.3, 0.4) is 0 Å². The van der Waals surface area contributed by atoms with Gasteiger partial charge in [-0.1, -0.05) is 19.8 Å². The van der Waals surface area contributed by atoms with Gasteiger partial charge in [-0.15, -0.1) is 5.10 Å². The molecule has 10 heteroatoms. The minimum absolute atomic E-state index is 0.118. The summed E-state index contributed by atoms with van der Waals surface area (Å²) < 4.78 is 12.4. The summed E-state index contributed by atoms with van der Waals surface area (Å²) in [7, 11) is 1.87. The lowest BCUT2D eigenvalue weighted by molar-refractivity contribution is 0.0984. The molecule has 198 valence electrons. The first-order valence-electron chi connectivity index (χ1n) is 13.1. The second kappa shape index (κ2) is 10.4. The van der Waals surface area contributed by atoms with Crippen molar-refractivity contribution in [3.8, 4) is 11.7 Å². The van der Waals surface area contributed by atoms with E-state index in [0.29, 0.717) is 41.5 Å². The van der Waals surface area contributed by atoms with E-state index in [-0.39, 0.29) is 11.4 Å². The molecule has 1 N–H and O–H groups in total. The molecule has 5 rings (SSSR count). The van der Waals surface area contributed by atoms with Crippen molar-refractivity contribution in [2.75, 3.05) is 18.1 Å². The van der Waals surface area contributed by atoms with Gasteiger partial charge in [0.05, 0.1) is 22.8 Å². The standard InChI is InChI=1S/C27H37N7O2S/c1-18-14-27(3,4)33(15-18)25-21(26(35)31-37-22-16-32(5)29-19(22)2)10-11-23(28-25)34-13-12-24(30-34)36-17-20-8-6-7-9-20/h10-13,16,18,20H,6-9,14-15,17H2,1-5H3,(H,31,35)/t18-/m0/s1. The molecule has 2 fully saturated rings. The fourth-order valence-electron chi connectivity index (χ4n) is 5.63. The van der Waals surface area contributed by atoms with Crippen LogP contribution in [-0.4, -0.2) is 49.1 Å². The first kappa shape index (κ1) is 25.6. The molecule has 1 saturated heterocycles. The molecule has 0 unspecified atom stereocenters. The Morgan fingerprint density at radius 1 is 1.22 bits per heavy atom. The van der Waals surface area contributed by atoms with Crippen LogP contribution in [0.1, 0.15) is 68.9 Å². The van der Waals surface area contributed by atoms with Crippen LogP contribution in [0.2, 0.25) is 0 Å². The normalized spacial score (nSPS) is 19.5. The monoisotopic (exact) mass is 523 g/mol. The molecule has 1 amide bonds. The Balaban J connectivity index is 1.40. The van der Waals surface area contributed by atoms with E-state index in [1.165, 1.54) is 37.6 Å². The summed E-state index contributed by atoms with van der Waals surface area (Å²) in [4.78, 5) is 21.6. The van der Waals surface area contributed by atoms with E-state index in [1.807, 2.05) is 44.6 Å². The summed E-state index contributed by atoms with van der Waals surface area (Å²) in [6.07, 6.45) is 9.86. The average molecular weight is 524 g/mol. The highest BCUT2D eigenvalue weighted by Crippen LogP contribution is 2.38. The summed E-state index contributed by atoms with van der Waals surface area (Å²) in [5, 5.41) is 8.98. The third-order valence-electron chi connectivity index (χ3n) is 7.40. The number of amides is 1. The van der Waals surface area contributed by atoms with Crippen molar-refractivity contribution in [1.82, 2.24) is 29.3 Å². The Bertz CT molecular complexity index is 1260. The number of anilines is 1. The molecule has 0 bridgehead atoms. The fraction of sp³-hybridized carbons (Fsp3) is 0.556. The van der Waals surface area contributed by atoms with Gasteiger partial charge in [-0.2, -0.15) is 5.10 Å². The lowest BCUT2D eigenvalue weighted by Gasteiger charge is -2.34. The van der Waals surface area contributed by atoms with Crippen molar-refractivity contribution < 1.29 is 9.53 Å². The number of pyridine rings is 1. The topological polar surface area (TPSA) is 90.1 Å². The van der Waals surface area contributed by atoms with Gasteiger partial charge in [-0.3, -0.25) is 14.2 Å². The van der Waals surface area contributed by atoms with E-state index in [1.54, 1.807) is 9.36 Å². The molecule has 0 radical (unpaired) electrons. The lowest BCUT2D eigenvalue weighted by Crippen LogP contribution is -2.40. The summed E-state index contributed by atoms with van der Waals surface area (Å²) >= 11 is 1.28. The molecule has 37 heavy (non-hydrogen) atoms. The van der Waals surface area contributed by atoms with E-state index in [4.69, 9.17) is 9.72 Å². The zero-order valence-corrected chi connectivity index (χ0v) is 23.2. The number of aryl methyl sites for hydroxylation is 2. The predicted octanol–water partition coefficient (Wildman–Crippen LogP) is 4.94. The van der Waals surface area contributed by atoms with Crippen LogP contribution in [-0.2, 0) is 7.05 Å². The molecule has 0 spiro atoms. The third-order valence-corrected chi connectivity index (χ3v) is 8.30. The van der Waals surface area contributed by atoms with Crippen LogP contribution in [0.15, 0.2) is 35.5 Å². The molecule has 2 aliphatic rings. The number of nitrogens with zero attached hydrogens (tertiary/aromatic N) is 6. The van der Waals surface area contributed by atoms with Crippen molar-refractivity contribution in [3.05, 3.63) is 41.9 Å². The van der Waals surface area contributed by atoms with E-state index in [0.717, 1.165) is 23.6 Å². The highest BCUT2D eigenvalue weighted by Gasteiger charge is 2.39. The van der Waals surface area contributed by atoms with Crippen LogP contribution in [0, 0.1) is 18.8 Å². The molecule has 4 heterocycles. The largest absolute Gasteiger partial charge is 0.476 e. The van der Waals surface area contributed by atoms with E-state index in [9.17, 15) is 4.79 Å². The van der Waals surface area contributed by atoms with Crippen LogP contribution in [0.5, 0.6) is 5.88 Å². The van der Waals surface area contributed by atoms with Crippen molar-refractivity contribution in [1.29, 1.82) is 0 Å². The molecule has 1 saturated carbocycles. The summed E-state index contributed by atoms with van der Waals surface area (Å²) in [6, 6.07) is 5.58. The maximum absolute atomic E-state index is 13.4. The van der Waals surface area contributed by atoms with E-state index >= 15 is 0 Å². The number of hydrogen-bond acceptors (Lipinski definition) is 7. The van der Waals surface area contributed by atoms with Crippen LogP contribution in [0.4, 0.5) is 5.82 Å². The van der Waals surface area contributed by atoms with Gasteiger partial charge in [0, 0.05) is 37.6 Å².